The Hall–Kier alpha value is 0.960. The third-order valence-electron chi connectivity index (χ3n) is 1.93. The van der Waals surface area contributed by atoms with Crippen molar-refractivity contribution in [2.75, 3.05) is 0 Å². The minimum absolute atomic E-state index is 0. The van der Waals surface area contributed by atoms with Gasteiger partial charge in [0.05, 0.1) is 5.60 Å². The Labute approximate surface area is 79.1 Å². The fraction of sp³-hybridized carbons (Fsp3) is 1.00. The maximum absolute atomic E-state index is 9.37. The van der Waals surface area contributed by atoms with Crippen LogP contribution in [-0.4, -0.2) is 40.3 Å². The molecule has 0 heterocycles. The molecule has 0 aliphatic heterocycles. The second-order valence-corrected chi connectivity index (χ2v) is 3.06. The third kappa shape index (κ3) is 3.61. The molecular weight excluding hydrogens is 123 g/mol. The van der Waals surface area contributed by atoms with Gasteiger partial charge in [-0.15, -0.1) is 0 Å². The van der Waals surface area contributed by atoms with E-state index >= 15 is 0 Å². The van der Waals surface area contributed by atoms with Crippen molar-refractivity contribution in [3.05, 3.63) is 0 Å². The van der Waals surface area contributed by atoms with Crippen molar-refractivity contribution in [1.29, 1.82) is 0 Å². The molecule has 0 bridgehead atoms. The average Bonchev–Trinajstić information content (AvgIpc) is 1.65. The van der Waals surface area contributed by atoms with Gasteiger partial charge in [0.15, 0.2) is 0 Å². The van der Waals surface area contributed by atoms with E-state index in [1.165, 1.54) is 19.3 Å². The summed E-state index contributed by atoms with van der Waals surface area (Å²) in [6.45, 7) is 1.94. The predicted octanol–water partition coefficient (Wildman–Crippen LogP) is 1.05. The Morgan fingerprint density at radius 3 is 1.78 bits per heavy atom. The molecule has 0 aromatic rings. The van der Waals surface area contributed by atoms with E-state index in [2.05, 4.69) is 0 Å². The molecule has 0 radical (unpaired) electrons. The summed E-state index contributed by atoms with van der Waals surface area (Å²) in [4.78, 5) is 0. The standard InChI is InChI=1S/C7H14O.Na.H/c1-7(8)5-3-2-4-6-7;;/h8H,2-6H2,1H3;;. The first-order valence-corrected chi connectivity index (χ1v) is 3.43. The van der Waals surface area contributed by atoms with Crippen LogP contribution in [0.15, 0.2) is 0 Å². The van der Waals surface area contributed by atoms with Crippen LogP contribution in [0.1, 0.15) is 39.0 Å². The van der Waals surface area contributed by atoms with E-state index in [0.29, 0.717) is 0 Å². The van der Waals surface area contributed by atoms with Gasteiger partial charge in [-0.05, 0) is 19.8 Å². The molecule has 0 unspecified atom stereocenters. The number of hydrogen-bond donors (Lipinski definition) is 1. The minimum atomic E-state index is -0.321. The van der Waals surface area contributed by atoms with Gasteiger partial charge < -0.3 is 5.11 Å². The van der Waals surface area contributed by atoms with Crippen molar-refractivity contribution < 1.29 is 5.11 Å². The van der Waals surface area contributed by atoms with Crippen LogP contribution in [-0.2, 0) is 0 Å². The van der Waals surface area contributed by atoms with E-state index in [1.54, 1.807) is 0 Å². The van der Waals surface area contributed by atoms with Crippen LogP contribution in [0.4, 0.5) is 0 Å². The van der Waals surface area contributed by atoms with Gasteiger partial charge in [0.25, 0.3) is 0 Å². The van der Waals surface area contributed by atoms with Gasteiger partial charge in [-0.3, -0.25) is 0 Å². The van der Waals surface area contributed by atoms with E-state index in [1.807, 2.05) is 6.92 Å². The fourth-order valence-corrected chi connectivity index (χ4v) is 1.31. The van der Waals surface area contributed by atoms with Gasteiger partial charge in [0.1, 0.15) is 0 Å². The van der Waals surface area contributed by atoms with Crippen molar-refractivity contribution in [2.45, 2.75) is 44.6 Å². The average molecular weight is 138 g/mol. The summed E-state index contributed by atoms with van der Waals surface area (Å²) in [5.74, 6) is 0. The molecule has 0 amide bonds. The molecule has 9 heavy (non-hydrogen) atoms. The summed E-state index contributed by atoms with van der Waals surface area (Å²) in [6, 6.07) is 0. The van der Waals surface area contributed by atoms with Crippen molar-refractivity contribution in [3.8, 4) is 0 Å². The maximum atomic E-state index is 9.37. The summed E-state index contributed by atoms with van der Waals surface area (Å²) < 4.78 is 0. The zero-order valence-electron chi connectivity index (χ0n) is 5.48. The van der Waals surface area contributed by atoms with E-state index in [-0.39, 0.29) is 35.2 Å². The zero-order valence-corrected chi connectivity index (χ0v) is 5.48. The number of aliphatic hydroxyl groups is 1. The molecule has 1 aliphatic rings. The van der Waals surface area contributed by atoms with Gasteiger partial charge in [0, 0.05) is 0 Å². The predicted molar refractivity (Wildman–Crippen MR) is 40.9 cm³/mol. The topological polar surface area (TPSA) is 20.2 Å². The summed E-state index contributed by atoms with van der Waals surface area (Å²) in [7, 11) is 0. The van der Waals surface area contributed by atoms with E-state index in [4.69, 9.17) is 0 Å². The molecule has 50 valence electrons. The molecule has 0 saturated heterocycles. The van der Waals surface area contributed by atoms with Crippen LogP contribution < -0.4 is 0 Å². The molecule has 0 spiro atoms. The van der Waals surface area contributed by atoms with Crippen molar-refractivity contribution in [1.82, 2.24) is 0 Å². The van der Waals surface area contributed by atoms with E-state index in [0.717, 1.165) is 12.8 Å². The quantitative estimate of drug-likeness (QED) is 0.496. The summed E-state index contributed by atoms with van der Waals surface area (Å²) in [6.07, 6.45) is 5.76. The molecule has 0 aromatic heterocycles. The van der Waals surface area contributed by atoms with Gasteiger partial charge in [-0.1, -0.05) is 19.3 Å². The van der Waals surface area contributed by atoms with Crippen LogP contribution in [0.3, 0.4) is 0 Å². The zero-order chi connectivity index (χ0) is 6.04. The fourth-order valence-electron chi connectivity index (χ4n) is 1.31. The molecule has 0 atom stereocenters. The first kappa shape index (κ1) is 9.96. The molecule has 1 aliphatic carbocycles. The van der Waals surface area contributed by atoms with Crippen LogP contribution >= 0.6 is 0 Å². The first-order chi connectivity index (χ1) is 3.71. The van der Waals surface area contributed by atoms with E-state index < -0.39 is 0 Å². The summed E-state index contributed by atoms with van der Waals surface area (Å²) >= 11 is 0. The molecular formula is C7H15NaO. The van der Waals surface area contributed by atoms with Gasteiger partial charge >= 0.3 is 29.6 Å². The Morgan fingerprint density at radius 2 is 1.56 bits per heavy atom. The second kappa shape index (κ2) is 3.97. The third-order valence-corrected chi connectivity index (χ3v) is 1.93. The molecule has 1 rings (SSSR count). The van der Waals surface area contributed by atoms with Crippen molar-refractivity contribution in [3.63, 3.8) is 0 Å². The van der Waals surface area contributed by atoms with Crippen LogP contribution in [0, 0.1) is 0 Å². The Balaban J connectivity index is 0.000000640. The molecule has 1 fully saturated rings. The monoisotopic (exact) mass is 138 g/mol. The van der Waals surface area contributed by atoms with Gasteiger partial charge in [0.2, 0.25) is 0 Å². The summed E-state index contributed by atoms with van der Waals surface area (Å²) in [5.41, 5.74) is -0.321. The molecule has 1 nitrogen and oxygen atoms in total. The molecule has 2 heteroatoms. The second-order valence-electron chi connectivity index (χ2n) is 3.06. The van der Waals surface area contributed by atoms with Crippen LogP contribution in [0.25, 0.3) is 0 Å². The SMILES string of the molecule is CC1(O)CCCCC1.[NaH]. The molecule has 1 saturated carbocycles. The van der Waals surface area contributed by atoms with E-state index in [9.17, 15) is 5.11 Å². The van der Waals surface area contributed by atoms with Gasteiger partial charge in [-0.25, -0.2) is 0 Å². The Morgan fingerprint density at radius 1 is 1.11 bits per heavy atom. The summed E-state index contributed by atoms with van der Waals surface area (Å²) in [5, 5.41) is 9.37. The van der Waals surface area contributed by atoms with Crippen LogP contribution in [0.5, 0.6) is 0 Å². The van der Waals surface area contributed by atoms with Crippen molar-refractivity contribution in [2.24, 2.45) is 0 Å². The molecule has 1 N–H and O–H groups in total. The van der Waals surface area contributed by atoms with Crippen LogP contribution in [0.2, 0.25) is 0 Å². The number of hydrogen-bond acceptors (Lipinski definition) is 1. The first-order valence-electron chi connectivity index (χ1n) is 3.43. The molecule has 0 aromatic carbocycles. The Kier molecular flexibility index (Phi) is 4.39. The van der Waals surface area contributed by atoms with Gasteiger partial charge in [-0.2, -0.15) is 0 Å². The Bertz CT molecular complexity index is 73.0. The number of rotatable bonds is 0. The van der Waals surface area contributed by atoms with Crippen molar-refractivity contribution >= 4 is 29.6 Å². The normalized spacial score (nSPS) is 24.7.